The molecule has 1 aromatic rings. The van der Waals surface area contributed by atoms with Gasteiger partial charge in [0, 0.05) is 6.04 Å². The number of hydrogen-bond donors (Lipinski definition) is 2. The predicted octanol–water partition coefficient (Wildman–Crippen LogP) is 1.37. The van der Waals surface area contributed by atoms with Gasteiger partial charge >= 0.3 is 0 Å². The van der Waals surface area contributed by atoms with Gasteiger partial charge in [-0.2, -0.15) is 0 Å². The maximum atomic E-state index is 12.3. The molecule has 2 aliphatic rings. The van der Waals surface area contributed by atoms with Gasteiger partial charge in [0.2, 0.25) is 0 Å². The van der Waals surface area contributed by atoms with Crippen LogP contribution >= 0.6 is 0 Å². The molecule has 3 atom stereocenters. The van der Waals surface area contributed by atoms with E-state index < -0.39 is 0 Å². The SMILES string of the molecule is CC1CCC(NC(=O)c2cn(C3CCNCC3)nn2)C1C. The van der Waals surface area contributed by atoms with Crippen LogP contribution in [-0.4, -0.2) is 40.0 Å². The normalized spacial score (nSPS) is 30.5. The van der Waals surface area contributed by atoms with E-state index in [2.05, 4.69) is 34.8 Å². The number of aromatic nitrogens is 3. The Morgan fingerprint density at radius 1 is 1.29 bits per heavy atom. The molecular formula is C15H25N5O. The molecule has 0 radical (unpaired) electrons. The minimum atomic E-state index is -0.0823. The van der Waals surface area contributed by atoms with Gasteiger partial charge in [-0.25, -0.2) is 4.68 Å². The van der Waals surface area contributed by atoms with Gasteiger partial charge in [-0.05, 0) is 50.6 Å². The molecule has 1 amide bonds. The summed E-state index contributed by atoms with van der Waals surface area (Å²) in [5.74, 6) is 1.13. The largest absolute Gasteiger partial charge is 0.348 e. The Morgan fingerprint density at radius 2 is 2.05 bits per heavy atom. The molecule has 2 heterocycles. The summed E-state index contributed by atoms with van der Waals surface area (Å²) < 4.78 is 1.86. The van der Waals surface area contributed by atoms with E-state index in [-0.39, 0.29) is 11.9 Å². The standard InChI is InChI=1S/C15H25N5O/c1-10-3-4-13(11(10)2)17-15(21)14-9-20(19-18-14)12-5-7-16-8-6-12/h9-13,16H,3-8H2,1-2H3,(H,17,21). The summed E-state index contributed by atoms with van der Waals surface area (Å²) in [6.45, 7) is 6.48. The molecule has 1 saturated heterocycles. The number of piperidine rings is 1. The molecular weight excluding hydrogens is 266 g/mol. The van der Waals surface area contributed by atoms with Crippen LogP contribution in [-0.2, 0) is 0 Å². The molecule has 0 aromatic carbocycles. The molecule has 1 aliphatic heterocycles. The third-order valence-corrected chi connectivity index (χ3v) is 5.21. The van der Waals surface area contributed by atoms with E-state index in [4.69, 9.17) is 0 Å². The van der Waals surface area contributed by atoms with Crippen molar-refractivity contribution in [2.45, 2.75) is 51.6 Å². The smallest absolute Gasteiger partial charge is 0.273 e. The summed E-state index contributed by atoms with van der Waals surface area (Å²) in [4.78, 5) is 12.3. The van der Waals surface area contributed by atoms with Gasteiger partial charge in [0.05, 0.1) is 12.2 Å². The van der Waals surface area contributed by atoms with Gasteiger partial charge in [0.25, 0.3) is 5.91 Å². The van der Waals surface area contributed by atoms with Gasteiger partial charge in [-0.1, -0.05) is 19.1 Å². The first-order valence-electron chi connectivity index (χ1n) is 8.08. The van der Waals surface area contributed by atoms with E-state index >= 15 is 0 Å². The van der Waals surface area contributed by atoms with E-state index in [0.29, 0.717) is 23.6 Å². The lowest BCUT2D eigenvalue weighted by Gasteiger charge is -2.22. The van der Waals surface area contributed by atoms with Gasteiger partial charge in [-0.15, -0.1) is 5.10 Å². The summed E-state index contributed by atoms with van der Waals surface area (Å²) in [5, 5.41) is 14.7. The number of nitrogens with zero attached hydrogens (tertiary/aromatic N) is 3. The lowest BCUT2D eigenvalue weighted by atomic mass is 9.98. The van der Waals surface area contributed by atoms with Crippen molar-refractivity contribution in [3.05, 3.63) is 11.9 Å². The number of carbonyl (C=O) groups is 1. The van der Waals surface area contributed by atoms with E-state index in [0.717, 1.165) is 32.4 Å². The topological polar surface area (TPSA) is 71.8 Å². The first-order chi connectivity index (χ1) is 10.1. The second kappa shape index (κ2) is 6.13. The highest BCUT2D eigenvalue weighted by Gasteiger charge is 2.31. The Labute approximate surface area is 125 Å². The summed E-state index contributed by atoms with van der Waals surface area (Å²) in [7, 11) is 0. The average Bonchev–Trinajstić information content (AvgIpc) is 3.11. The van der Waals surface area contributed by atoms with Crippen molar-refractivity contribution in [1.82, 2.24) is 25.6 Å². The predicted molar refractivity (Wildman–Crippen MR) is 80.0 cm³/mol. The zero-order valence-electron chi connectivity index (χ0n) is 12.9. The van der Waals surface area contributed by atoms with Crippen molar-refractivity contribution in [2.24, 2.45) is 11.8 Å². The van der Waals surface area contributed by atoms with Crippen molar-refractivity contribution < 1.29 is 4.79 Å². The van der Waals surface area contributed by atoms with Crippen LogP contribution in [0.3, 0.4) is 0 Å². The monoisotopic (exact) mass is 291 g/mol. The Bertz CT molecular complexity index is 494. The zero-order chi connectivity index (χ0) is 14.8. The molecule has 3 unspecified atom stereocenters. The highest BCUT2D eigenvalue weighted by molar-refractivity contribution is 5.92. The first-order valence-corrected chi connectivity index (χ1v) is 8.08. The fourth-order valence-corrected chi connectivity index (χ4v) is 3.44. The zero-order valence-corrected chi connectivity index (χ0v) is 12.9. The summed E-state index contributed by atoms with van der Waals surface area (Å²) in [6, 6.07) is 0.641. The lowest BCUT2D eigenvalue weighted by Crippen LogP contribution is -2.37. The van der Waals surface area contributed by atoms with Crippen LogP contribution < -0.4 is 10.6 Å². The van der Waals surface area contributed by atoms with E-state index in [1.165, 1.54) is 6.42 Å². The van der Waals surface area contributed by atoms with Crippen molar-refractivity contribution in [3.8, 4) is 0 Å². The van der Waals surface area contributed by atoms with Crippen LogP contribution in [0.4, 0.5) is 0 Å². The van der Waals surface area contributed by atoms with Crippen molar-refractivity contribution in [3.63, 3.8) is 0 Å². The number of carbonyl (C=O) groups excluding carboxylic acids is 1. The van der Waals surface area contributed by atoms with Gasteiger partial charge in [0.1, 0.15) is 0 Å². The Balaban J connectivity index is 1.61. The highest BCUT2D eigenvalue weighted by Crippen LogP contribution is 2.31. The van der Waals surface area contributed by atoms with Crippen LogP contribution in [0, 0.1) is 11.8 Å². The summed E-state index contributed by atoms with van der Waals surface area (Å²) >= 11 is 0. The van der Waals surface area contributed by atoms with Crippen molar-refractivity contribution in [1.29, 1.82) is 0 Å². The molecule has 1 aliphatic carbocycles. The second-order valence-corrected chi connectivity index (χ2v) is 6.56. The Morgan fingerprint density at radius 3 is 2.71 bits per heavy atom. The number of rotatable bonds is 3. The highest BCUT2D eigenvalue weighted by atomic mass is 16.2. The van der Waals surface area contributed by atoms with Crippen LogP contribution in [0.5, 0.6) is 0 Å². The molecule has 1 aromatic heterocycles. The van der Waals surface area contributed by atoms with Gasteiger partial charge in [-0.3, -0.25) is 4.79 Å². The van der Waals surface area contributed by atoms with Gasteiger partial charge in [0.15, 0.2) is 5.69 Å². The molecule has 116 valence electrons. The molecule has 21 heavy (non-hydrogen) atoms. The fraction of sp³-hybridized carbons (Fsp3) is 0.800. The van der Waals surface area contributed by atoms with Gasteiger partial charge < -0.3 is 10.6 Å². The molecule has 2 N–H and O–H groups in total. The third-order valence-electron chi connectivity index (χ3n) is 5.21. The molecule has 2 fully saturated rings. The third kappa shape index (κ3) is 3.10. The number of nitrogens with one attached hydrogen (secondary N) is 2. The molecule has 0 bridgehead atoms. The number of hydrogen-bond acceptors (Lipinski definition) is 4. The van der Waals surface area contributed by atoms with Crippen LogP contribution in [0.25, 0.3) is 0 Å². The minimum Gasteiger partial charge on any atom is -0.348 e. The molecule has 1 saturated carbocycles. The maximum Gasteiger partial charge on any atom is 0.273 e. The van der Waals surface area contributed by atoms with Crippen molar-refractivity contribution in [2.75, 3.05) is 13.1 Å². The van der Waals surface area contributed by atoms with E-state index in [9.17, 15) is 4.79 Å². The minimum absolute atomic E-state index is 0.0823. The Kier molecular flexibility index (Phi) is 4.24. The van der Waals surface area contributed by atoms with Crippen molar-refractivity contribution >= 4 is 5.91 Å². The van der Waals surface area contributed by atoms with Crippen LogP contribution in [0.2, 0.25) is 0 Å². The lowest BCUT2D eigenvalue weighted by molar-refractivity contribution is 0.0922. The first kappa shape index (κ1) is 14.5. The average molecular weight is 291 g/mol. The molecule has 6 heteroatoms. The molecule has 6 nitrogen and oxygen atoms in total. The van der Waals surface area contributed by atoms with E-state index in [1.54, 1.807) is 6.20 Å². The fourth-order valence-electron chi connectivity index (χ4n) is 3.44. The van der Waals surface area contributed by atoms with Crippen LogP contribution in [0.15, 0.2) is 6.20 Å². The quantitative estimate of drug-likeness (QED) is 0.882. The Hall–Kier alpha value is -1.43. The van der Waals surface area contributed by atoms with Crippen LogP contribution in [0.1, 0.15) is 56.1 Å². The van der Waals surface area contributed by atoms with E-state index in [1.807, 2.05) is 4.68 Å². The maximum absolute atomic E-state index is 12.3. The summed E-state index contributed by atoms with van der Waals surface area (Å²) in [5.41, 5.74) is 0.445. The molecule has 0 spiro atoms. The summed E-state index contributed by atoms with van der Waals surface area (Å²) in [6.07, 6.45) is 6.14. The number of amides is 1. The second-order valence-electron chi connectivity index (χ2n) is 6.56. The molecule has 3 rings (SSSR count).